The molecule has 8 heteroatoms. The van der Waals surface area contributed by atoms with Crippen molar-refractivity contribution in [2.24, 2.45) is 0 Å². The van der Waals surface area contributed by atoms with Crippen molar-refractivity contribution in [3.8, 4) is 22.8 Å². The predicted molar refractivity (Wildman–Crippen MR) is 122 cm³/mol. The number of nitrogens with zero attached hydrogens (tertiary/aromatic N) is 4. The van der Waals surface area contributed by atoms with Gasteiger partial charge in [-0.3, -0.25) is 9.55 Å². The summed E-state index contributed by atoms with van der Waals surface area (Å²) in [7, 11) is 0. The summed E-state index contributed by atoms with van der Waals surface area (Å²) in [6.45, 7) is 2.58. The van der Waals surface area contributed by atoms with Crippen LogP contribution in [0.15, 0.2) is 72.1 Å². The fourth-order valence-electron chi connectivity index (χ4n) is 2.94. The highest BCUT2D eigenvalue weighted by molar-refractivity contribution is 7.98. The normalized spacial score (nSPS) is 10.9. The molecule has 0 spiro atoms. The maximum absolute atomic E-state index is 6.34. The van der Waals surface area contributed by atoms with E-state index in [1.807, 2.05) is 66.1 Å². The van der Waals surface area contributed by atoms with Gasteiger partial charge in [0.1, 0.15) is 5.75 Å². The number of ether oxygens (including phenoxy) is 1. The van der Waals surface area contributed by atoms with E-state index in [1.165, 1.54) is 11.8 Å². The third-order valence-corrected chi connectivity index (χ3v) is 6.03. The van der Waals surface area contributed by atoms with E-state index in [0.717, 1.165) is 27.7 Å². The number of hydrogen-bond donors (Lipinski definition) is 0. The predicted octanol–water partition coefficient (Wildman–Crippen LogP) is 6.33. The molecule has 4 rings (SSSR count). The lowest BCUT2D eigenvalue weighted by Crippen LogP contribution is -2.01. The van der Waals surface area contributed by atoms with Gasteiger partial charge in [-0.05, 0) is 61.0 Å². The zero-order valence-corrected chi connectivity index (χ0v) is 18.5. The van der Waals surface area contributed by atoms with Crippen LogP contribution in [0.4, 0.5) is 0 Å². The molecule has 0 bridgehead atoms. The highest BCUT2D eigenvalue weighted by atomic mass is 35.5. The number of thioether (sulfide) groups is 1. The van der Waals surface area contributed by atoms with Gasteiger partial charge in [-0.2, -0.15) is 0 Å². The first-order chi connectivity index (χ1) is 14.7. The largest absolute Gasteiger partial charge is 0.494 e. The van der Waals surface area contributed by atoms with Crippen LogP contribution >= 0.6 is 35.0 Å². The van der Waals surface area contributed by atoms with Crippen molar-refractivity contribution in [3.05, 3.63) is 82.6 Å². The summed E-state index contributed by atoms with van der Waals surface area (Å²) in [6, 6.07) is 17.2. The summed E-state index contributed by atoms with van der Waals surface area (Å²) < 4.78 is 7.57. The Labute approximate surface area is 189 Å². The van der Waals surface area contributed by atoms with Crippen LogP contribution in [0.2, 0.25) is 10.0 Å². The van der Waals surface area contributed by atoms with Crippen LogP contribution in [0.5, 0.6) is 5.75 Å². The second kappa shape index (κ2) is 9.51. The van der Waals surface area contributed by atoms with Crippen LogP contribution in [0.1, 0.15) is 12.5 Å². The molecule has 5 nitrogen and oxygen atoms in total. The van der Waals surface area contributed by atoms with Gasteiger partial charge >= 0.3 is 0 Å². The Morgan fingerprint density at radius 3 is 2.40 bits per heavy atom. The van der Waals surface area contributed by atoms with Crippen molar-refractivity contribution in [3.63, 3.8) is 0 Å². The molecule has 152 valence electrons. The zero-order chi connectivity index (χ0) is 20.9. The van der Waals surface area contributed by atoms with Gasteiger partial charge in [0.15, 0.2) is 11.0 Å². The first kappa shape index (κ1) is 20.7. The highest BCUT2D eigenvalue weighted by Crippen LogP contribution is 2.34. The Morgan fingerprint density at radius 1 is 0.967 bits per heavy atom. The minimum atomic E-state index is 0.570. The molecule has 2 heterocycles. The van der Waals surface area contributed by atoms with Crippen LogP contribution in [-0.2, 0) is 5.75 Å². The molecule has 0 saturated heterocycles. The average Bonchev–Trinajstić information content (AvgIpc) is 3.19. The van der Waals surface area contributed by atoms with Crippen molar-refractivity contribution in [2.75, 3.05) is 6.61 Å². The van der Waals surface area contributed by atoms with Crippen LogP contribution < -0.4 is 4.74 Å². The van der Waals surface area contributed by atoms with Gasteiger partial charge in [-0.1, -0.05) is 41.0 Å². The lowest BCUT2D eigenvalue weighted by molar-refractivity contribution is 0.340. The van der Waals surface area contributed by atoms with Crippen molar-refractivity contribution < 1.29 is 4.74 Å². The fourth-order valence-corrected chi connectivity index (χ4v) is 4.64. The summed E-state index contributed by atoms with van der Waals surface area (Å²) in [6.07, 6.45) is 3.50. The number of rotatable bonds is 7. The number of pyridine rings is 1. The number of halogens is 2. The SMILES string of the molecule is CCOc1ccc(-n2c(SCc3c(Cl)cccc3Cl)nnc2-c2cccnc2)cc1. The van der Waals surface area contributed by atoms with Gasteiger partial charge in [0.25, 0.3) is 0 Å². The Bertz CT molecular complexity index is 1110. The van der Waals surface area contributed by atoms with E-state index in [0.29, 0.717) is 28.2 Å². The first-order valence-corrected chi connectivity index (χ1v) is 11.1. The molecule has 0 aliphatic heterocycles. The summed E-state index contributed by atoms with van der Waals surface area (Å²) >= 11 is 14.2. The standard InChI is InChI=1S/C22H18Cl2N4OS/c1-2-29-17-10-8-16(9-11-17)28-21(15-5-4-12-25-13-15)26-27-22(28)30-14-18-19(23)6-3-7-20(18)24/h3-13H,2,14H2,1H3. The highest BCUT2D eigenvalue weighted by Gasteiger charge is 2.17. The molecular weight excluding hydrogens is 439 g/mol. The molecule has 0 N–H and O–H groups in total. The molecule has 0 radical (unpaired) electrons. The Kier molecular flexibility index (Phi) is 6.57. The second-order valence-electron chi connectivity index (χ2n) is 6.30. The number of hydrogen-bond acceptors (Lipinski definition) is 5. The fraction of sp³-hybridized carbons (Fsp3) is 0.136. The lowest BCUT2D eigenvalue weighted by Gasteiger charge is -2.12. The Balaban J connectivity index is 1.72. The zero-order valence-electron chi connectivity index (χ0n) is 16.1. The van der Waals surface area contributed by atoms with Crippen LogP contribution in [-0.4, -0.2) is 26.4 Å². The molecule has 2 aromatic heterocycles. The van der Waals surface area contributed by atoms with E-state index in [2.05, 4.69) is 15.2 Å². The first-order valence-electron chi connectivity index (χ1n) is 9.32. The number of benzene rings is 2. The molecule has 0 saturated carbocycles. The van der Waals surface area contributed by atoms with Crippen LogP contribution in [0.3, 0.4) is 0 Å². The Morgan fingerprint density at radius 2 is 1.73 bits per heavy atom. The van der Waals surface area contributed by atoms with Crippen molar-refractivity contribution >= 4 is 35.0 Å². The summed E-state index contributed by atoms with van der Waals surface area (Å²) in [4.78, 5) is 4.22. The van der Waals surface area contributed by atoms with Gasteiger partial charge in [0, 0.05) is 39.4 Å². The maximum Gasteiger partial charge on any atom is 0.196 e. The average molecular weight is 457 g/mol. The van der Waals surface area contributed by atoms with Crippen molar-refractivity contribution in [2.45, 2.75) is 17.8 Å². The minimum Gasteiger partial charge on any atom is -0.494 e. The monoisotopic (exact) mass is 456 g/mol. The molecule has 0 atom stereocenters. The van der Waals surface area contributed by atoms with E-state index in [4.69, 9.17) is 27.9 Å². The maximum atomic E-state index is 6.34. The molecule has 0 fully saturated rings. The van der Waals surface area contributed by atoms with Gasteiger partial charge in [-0.15, -0.1) is 10.2 Å². The van der Waals surface area contributed by atoms with E-state index < -0.39 is 0 Å². The van der Waals surface area contributed by atoms with Crippen molar-refractivity contribution in [1.82, 2.24) is 19.7 Å². The third-order valence-electron chi connectivity index (χ3n) is 4.37. The van der Waals surface area contributed by atoms with Crippen LogP contribution in [0.25, 0.3) is 17.1 Å². The quantitative estimate of drug-likeness (QED) is 0.304. The third kappa shape index (κ3) is 4.46. The molecule has 4 aromatic rings. The van der Waals surface area contributed by atoms with Crippen molar-refractivity contribution in [1.29, 1.82) is 0 Å². The van der Waals surface area contributed by atoms with Gasteiger partial charge in [0.05, 0.1) is 6.61 Å². The van der Waals surface area contributed by atoms with Gasteiger partial charge < -0.3 is 4.74 Å². The van der Waals surface area contributed by atoms with Crippen LogP contribution in [0, 0.1) is 0 Å². The minimum absolute atomic E-state index is 0.570. The smallest absolute Gasteiger partial charge is 0.196 e. The molecule has 0 aliphatic carbocycles. The van der Waals surface area contributed by atoms with E-state index in [9.17, 15) is 0 Å². The van der Waals surface area contributed by atoms with E-state index in [1.54, 1.807) is 12.4 Å². The summed E-state index contributed by atoms with van der Waals surface area (Å²) in [5, 5.41) is 10.9. The molecule has 0 amide bonds. The summed E-state index contributed by atoms with van der Waals surface area (Å²) in [5.74, 6) is 2.09. The summed E-state index contributed by atoms with van der Waals surface area (Å²) in [5.41, 5.74) is 2.67. The van der Waals surface area contributed by atoms with E-state index >= 15 is 0 Å². The molecule has 30 heavy (non-hydrogen) atoms. The van der Waals surface area contributed by atoms with Gasteiger partial charge in [-0.25, -0.2) is 0 Å². The molecule has 2 aromatic carbocycles. The molecular formula is C22H18Cl2N4OS. The molecule has 0 aliphatic rings. The van der Waals surface area contributed by atoms with E-state index in [-0.39, 0.29) is 0 Å². The number of aromatic nitrogens is 4. The topological polar surface area (TPSA) is 52.8 Å². The second-order valence-corrected chi connectivity index (χ2v) is 8.06. The lowest BCUT2D eigenvalue weighted by atomic mass is 10.2. The Hall–Kier alpha value is -2.54. The molecule has 0 unspecified atom stereocenters. The van der Waals surface area contributed by atoms with Gasteiger partial charge in [0.2, 0.25) is 0 Å².